The van der Waals surface area contributed by atoms with Gasteiger partial charge in [-0.2, -0.15) is 0 Å². The van der Waals surface area contributed by atoms with Crippen LogP contribution in [0.2, 0.25) is 0 Å². The number of phenolic OH excluding ortho intramolecular Hbond substituents is 2. The van der Waals surface area contributed by atoms with Gasteiger partial charge in [0.1, 0.15) is 23.0 Å². The van der Waals surface area contributed by atoms with Crippen LogP contribution in [0.3, 0.4) is 0 Å². The summed E-state index contributed by atoms with van der Waals surface area (Å²) in [7, 11) is 1.50. The monoisotopic (exact) mass is 259 g/mol. The van der Waals surface area contributed by atoms with Gasteiger partial charge in [-0.3, -0.25) is 0 Å². The third kappa shape index (κ3) is 2.44. The number of hydrogen-bond donors (Lipinski definition) is 3. The molecule has 2 aromatic carbocycles. The first kappa shape index (κ1) is 12.8. The second-order valence-electron chi connectivity index (χ2n) is 3.85. The molecule has 0 atom stereocenters. The summed E-state index contributed by atoms with van der Waals surface area (Å²) < 4.78 is 5.19. The minimum Gasteiger partial charge on any atom is -0.508 e. The van der Waals surface area contributed by atoms with E-state index >= 15 is 0 Å². The fourth-order valence-electron chi connectivity index (χ4n) is 1.81. The largest absolute Gasteiger partial charge is 0.508 e. The van der Waals surface area contributed by atoms with Crippen LogP contribution in [0.1, 0.15) is 11.1 Å². The quantitative estimate of drug-likeness (QED) is 0.449. The van der Waals surface area contributed by atoms with Gasteiger partial charge in [-0.25, -0.2) is 0 Å². The lowest BCUT2D eigenvalue weighted by Gasteiger charge is -2.11. The van der Waals surface area contributed by atoms with Gasteiger partial charge >= 0.3 is 0 Å². The van der Waals surface area contributed by atoms with E-state index in [0.29, 0.717) is 16.9 Å². The number of hydrogen-bond acceptors (Lipinski definition) is 5. The van der Waals surface area contributed by atoms with Crippen molar-refractivity contribution in [2.45, 2.75) is 0 Å². The van der Waals surface area contributed by atoms with Crippen molar-refractivity contribution in [3.8, 4) is 17.2 Å². The van der Waals surface area contributed by atoms with E-state index in [2.05, 4.69) is 5.16 Å². The molecule has 5 heteroatoms. The smallest absolute Gasteiger partial charge is 0.128 e. The molecule has 2 aromatic rings. The second kappa shape index (κ2) is 5.30. The average molecular weight is 259 g/mol. The van der Waals surface area contributed by atoms with E-state index in [9.17, 15) is 15.4 Å². The van der Waals surface area contributed by atoms with Crippen LogP contribution in [-0.2, 0) is 0 Å². The molecule has 0 unspecified atom stereocenters. The van der Waals surface area contributed by atoms with E-state index in [4.69, 9.17) is 4.74 Å². The predicted octanol–water partition coefficient (Wildman–Crippen LogP) is 2.33. The summed E-state index contributed by atoms with van der Waals surface area (Å²) in [5.74, 6) is 0.264. The number of nitrogens with zero attached hydrogens (tertiary/aromatic N) is 1. The van der Waals surface area contributed by atoms with Crippen LogP contribution in [0.25, 0.3) is 0 Å². The molecule has 19 heavy (non-hydrogen) atoms. The highest BCUT2D eigenvalue weighted by molar-refractivity contribution is 6.15. The fraction of sp³-hybridized carbons (Fsp3) is 0.0714. The lowest BCUT2D eigenvalue weighted by molar-refractivity contribution is 0.319. The van der Waals surface area contributed by atoms with E-state index in [-0.39, 0.29) is 17.2 Å². The Morgan fingerprint density at radius 3 is 2.42 bits per heavy atom. The van der Waals surface area contributed by atoms with E-state index < -0.39 is 0 Å². The molecule has 0 spiro atoms. The Morgan fingerprint density at radius 1 is 1.05 bits per heavy atom. The van der Waals surface area contributed by atoms with Gasteiger partial charge < -0.3 is 20.2 Å². The van der Waals surface area contributed by atoms with E-state index in [1.54, 1.807) is 24.3 Å². The van der Waals surface area contributed by atoms with Crippen LogP contribution in [0.15, 0.2) is 47.6 Å². The highest BCUT2D eigenvalue weighted by atomic mass is 16.5. The molecule has 0 aliphatic carbocycles. The molecule has 2 rings (SSSR count). The van der Waals surface area contributed by atoms with Crippen molar-refractivity contribution in [1.82, 2.24) is 0 Å². The molecule has 0 heterocycles. The highest BCUT2D eigenvalue weighted by Gasteiger charge is 2.16. The number of benzene rings is 2. The molecular formula is C14H13NO4. The molecule has 98 valence electrons. The summed E-state index contributed by atoms with van der Waals surface area (Å²) in [5.41, 5.74) is 0.994. The fourth-order valence-corrected chi connectivity index (χ4v) is 1.81. The Balaban J connectivity index is 2.57. The molecule has 0 bridgehead atoms. The van der Waals surface area contributed by atoms with Crippen molar-refractivity contribution < 1.29 is 20.2 Å². The van der Waals surface area contributed by atoms with Gasteiger partial charge in [0.2, 0.25) is 0 Å². The van der Waals surface area contributed by atoms with Gasteiger partial charge in [0.25, 0.3) is 0 Å². The van der Waals surface area contributed by atoms with Crippen molar-refractivity contribution in [2.24, 2.45) is 5.16 Å². The lowest BCUT2D eigenvalue weighted by atomic mass is 10.0. The molecule has 0 fully saturated rings. The Morgan fingerprint density at radius 2 is 1.79 bits per heavy atom. The minimum absolute atomic E-state index is 0.0708. The van der Waals surface area contributed by atoms with Crippen molar-refractivity contribution in [2.75, 3.05) is 7.11 Å². The summed E-state index contributed by atoms with van der Waals surface area (Å²) in [6.45, 7) is 0. The number of oxime groups is 1. The first-order valence-corrected chi connectivity index (χ1v) is 5.55. The van der Waals surface area contributed by atoms with Crippen molar-refractivity contribution in [3.05, 3.63) is 53.6 Å². The van der Waals surface area contributed by atoms with Gasteiger partial charge in [0, 0.05) is 17.2 Å². The average Bonchev–Trinajstić information content (AvgIpc) is 2.42. The van der Waals surface area contributed by atoms with Crippen LogP contribution < -0.4 is 4.74 Å². The third-order valence-electron chi connectivity index (χ3n) is 2.70. The summed E-state index contributed by atoms with van der Waals surface area (Å²) in [6.07, 6.45) is 0. The van der Waals surface area contributed by atoms with Crippen LogP contribution >= 0.6 is 0 Å². The molecule has 0 radical (unpaired) electrons. The zero-order valence-corrected chi connectivity index (χ0v) is 10.2. The number of ether oxygens (including phenoxy) is 1. The first-order valence-electron chi connectivity index (χ1n) is 5.55. The van der Waals surface area contributed by atoms with Gasteiger partial charge in [0.05, 0.1) is 7.11 Å². The zero-order valence-electron chi connectivity index (χ0n) is 10.2. The normalized spacial score (nSPS) is 11.3. The second-order valence-corrected chi connectivity index (χ2v) is 3.85. The zero-order chi connectivity index (χ0) is 13.8. The Kier molecular flexibility index (Phi) is 3.56. The molecule has 0 aromatic heterocycles. The molecule has 0 amide bonds. The number of aromatic hydroxyl groups is 2. The molecule has 5 nitrogen and oxygen atoms in total. The first-order chi connectivity index (χ1) is 9.17. The topological polar surface area (TPSA) is 82.3 Å². The lowest BCUT2D eigenvalue weighted by Crippen LogP contribution is -2.06. The van der Waals surface area contributed by atoms with Crippen molar-refractivity contribution in [3.63, 3.8) is 0 Å². The molecule has 0 saturated carbocycles. The SMILES string of the molecule is COc1ccccc1/C(=N/O)c1ccc(O)cc1O. The van der Waals surface area contributed by atoms with E-state index in [1.165, 1.54) is 25.3 Å². The molecule has 0 aliphatic rings. The molecular weight excluding hydrogens is 246 g/mol. The number of phenols is 2. The van der Waals surface area contributed by atoms with Gasteiger partial charge in [-0.1, -0.05) is 17.3 Å². The predicted molar refractivity (Wildman–Crippen MR) is 70.2 cm³/mol. The van der Waals surface area contributed by atoms with Crippen LogP contribution in [0.5, 0.6) is 17.2 Å². The molecule has 0 saturated heterocycles. The van der Waals surface area contributed by atoms with Crippen molar-refractivity contribution in [1.29, 1.82) is 0 Å². The summed E-state index contributed by atoms with van der Waals surface area (Å²) in [5, 5.41) is 31.5. The minimum atomic E-state index is -0.182. The Labute approximate surface area is 110 Å². The Hall–Kier alpha value is -2.69. The molecule has 0 aliphatic heterocycles. The van der Waals surface area contributed by atoms with E-state index in [0.717, 1.165) is 0 Å². The summed E-state index contributed by atoms with van der Waals surface area (Å²) in [6, 6.07) is 11.0. The number of para-hydroxylation sites is 1. The van der Waals surface area contributed by atoms with Gasteiger partial charge in [-0.05, 0) is 24.3 Å². The van der Waals surface area contributed by atoms with Crippen LogP contribution in [0, 0.1) is 0 Å². The number of methoxy groups -OCH3 is 1. The summed E-state index contributed by atoms with van der Waals surface area (Å²) in [4.78, 5) is 0. The standard InChI is InChI=1S/C14H13NO4/c1-19-13-5-3-2-4-11(13)14(15-18)10-7-6-9(16)8-12(10)17/h2-8,16-18H,1H3/b15-14+. The Bertz CT molecular complexity index is 623. The van der Waals surface area contributed by atoms with E-state index in [1.807, 2.05) is 0 Å². The van der Waals surface area contributed by atoms with Crippen molar-refractivity contribution >= 4 is 5.71 Å². The number of rotatable bonds is 3. The third-order valence-corrected chi connectivity index (χ3v) is 2.70. The van der Waals surface area contributed by atoms with Gasteiger partial charge in [-0.15, -0.1) is 0 Å². The maximum absolute atomic E-state index is 9.83. The van der Waals surface area contributed by atoms with Gasteiger partial charge in [0.15, 0.2) is 0 Å². The maximum Gasteiger partial charge on any atom is 0.128 e. The molecule has 3 N–H and O–H groups in total. The summed E-state index contributed by atoms with van der Waals surface area (Å²) >= 11 is 0. The van der Waals surface area contributed by atoms with Crippen LogP contribution in [0.4, 0.5) is 0 Å². The van der Waals surface area contributed by atoms with Crippen LogP contribution in [-0.4, -0.2) is 28.2 Å². The maximum atomic E-state index is 9.83. The highest BCUT2D eigenvalue weighted by Crippen LogP contribution is 2.28.